The van der Waals surface area contributed by atoms with Crippen LogP contribution < -0.4 is 0 Å². The van der Waals surface area contributed by atoms with E-state index in [4.69, 9.17) is 11.6 Å². The minimum Gasteiger partial charge on any atom is -0.247 e. The van der Waals surface area contributed by atoms with Crippen molar-refractivity contribution in [2.45, 2.75) is 31.6 Å². The van der Waals surface area contributed by atoms with Gasteiger partial charge in [0.15, 0.2) is 0 Å². The van der Waals surface area contributed by atoms with Gasteiger partial charge < -0.3 is 0 Å². The second kappa shape index (κ2) is 2.20. The normalized spacial score (nSPS) is 20.3. The van der Waals surface area contributed by atoms with Crippen LogP contribution in [0.5, 0.6) is 0 Å². The Kier molecular flexibility index (Phi) is 1.52. The van der Waals surface area contributed by atoms with E-state index in [1.165, 1.54) is 4.88 Å². The zero-order valence-corrected chi connectivity index (χ0v) is 8.22. The molecular weight excluding hydrogens is 178 g/mol. The monoisotopic (exact) mass is 187 g/mol. The molecule has 1 heterocycles. The van der Waals surface area contributed by atoms with Crippen LogP contribution >= 0.6 is 22.9 Å². The quantitative estimate of drug-likeness (QED) is 0.616. The SMILES string of the molecule is Cc1nc(C)c(C2(Cl)CC2)s1. The fourth-order valence-electron chi connectivity index (χ4n) is 1.28. The van der Waals surface area contributed by atoms with Crippen molar-refractivity contribution < 1.29 is 0 Å². The smallest absolute Gasteiger partial charge is 0.0900 e. The molecule has 0 spiro atoms. The van der Waals surface area contributed by atoms with Crippen molar-refractivity contribution in [3.8, 4) is 0 Å². The third-order valence-electron chi connectivity index (χ3n) is 2.00. The molecule has 0 atom stereocenters. The van der Waals surface area contributed by atoms with Crippen LogP contribution in [0.2, 0.25) is 0 Å². The van der Waals surface area contributed by atoms with Gasteiger partial charge in [0.05, 0.1) is 15.6 Å². The van der Waals surface area contributed by atoms with E-state index in [-0.39, 0.29) is 4.87 Å². The van der Waals surface area contributed by atoms with Gasteiger partial charge in [-0.15, -0.1) is 22.9 Å². The molecule has 0 aliphatic heterocycles. The summed E-state index contributed by atoms with van der Waals surface area (Å²) in [5.74, 6) is 0. The molecule has 1 aliphatic carbocycles. The topological polar surface area (TPSA) is 12.9 Å². The molecule has 0 N–H and O–H groups in total. The van der Waals surface area contributed by atoms with E-state index in [2.05, 4.69) is 4.98 Å². The van der Waals surface area contributed by atoms with Crippen LogP contribution in [0.1, 0.15) is 28.4 Å². The minimum atomic E-state index is -0.0178. The summed E-state index contributed by atoms with van der Waals surface area (Å²) in [6.45, 7) is 4.07. The van der Waals surface area contributed by atoms with Gasteiger partial charge in [0, 0.05) is 4.88 Å². The largest absolute Gasteiger partial charge is 0.247 e. The van der Waals surface area contributed by atoms with Gasteiger partial charge in [0.25, 0.3) is 0 Å². The predicted octanol–water partition coefficient (Wildman–Crippen LogP) is 2.99. The molecule has 1 fully saturated rings. The first-order chi connectivity index (χ1) is 5.12. The van der Waals surface area contributed by atoms with E-state index in [0.29, 0.717) is 0 Å². The summed E-state index contributed by atoms with van der Waals surface area (Å²) in [4.78, 5) is 5.62. The number of halogens is 1. The van der Waals surface area contributed by atoms with E-state index in [9.17, 15) is 0 Å². The average Bonchev–Trinajstić information content (AvgIpc) is 2.55. The summed E-state index contributed by atoms with van der Waals surface area (Å²) in [5.41, 5.74) is 1.12. The second-order valence-electron chi connectivity index (χ2n) is 3.11. The highest BCUT2D eigenvalue weighted by atomic mass is 35.5. The van der Waals surface area contributed by atoms with Crippen molar-refractivity contribution in [2.75, 3.05) is 0 Å². The number of hydrogen-bond acceptors (Lipinski definition) is 2. The Hall–Kier alpha value is -0.0800. The van der Waals surface area contributed by atoms with Crippen molar-refractivity contribution in [1.29, 1.82) is 0 Å². The van der Waals surface area contributed by atoms with Gasteiger partial charge in [-0.1, -0.05) is 0 Å². The number of aromatic nitrogens is 1. The molecule has 1 saturated carbocycles. The molecule has 3 heteroatoms. The number of alkyl halides is 1. The van der Waals surface area contributed by atoms with Crippen LogP contribution in [0, 0.1) is 13.8 Å². The standard InChI is InChI=1S/C8H10ClNS/c1-5-7(8(9)3-4-8)11-6(2)10-5/h3-4H2,1-2H3. The van der Waals surface area contributed by atoms with Crippen molar-refractivity contribution >= 4 is 22.9 Å². The highest BCUT2D eigenvalue weighted by Gasteiger charge is 2.45. The van der Waals surface area contributed by atoms with Gasteiger partial charge in [-0.3, -0.25) is 0 Å². The lowest BCUT2D eigenvalue weighted by molar-refractivity contribution is 1.01. The van der Waals surface area contributed by atoms with Crippen molar-refractivity contribution in [2.24, 2.45) is 0 Å². The van der Waals surface area contributed by atoms with Crippen LogP contribution in [0.4, 0.5) is 0 Å². The fraction of sp³-hybridized carbons (Fsp3) is 0.625. The van der Waals surface area contributed by atoms with Gasteiger partial charge in [0.2, 0.25) is 0 Å². The number of nitrogens with zero attached hydrogens (tertiary/aromatic N) is 1. The molecule has 1 aromatic heterocycles. The summed E-state index contributed by atoms with van der Waals surface area (Å²) in [7, 11) is 0. The molecule has 0 unspecified atom stereocenters. The summed E-state index contributed by atoms with van der Waals surface area (Å²) in [5, 5.41) is 1.13. The summed E-state index contributed by atoms with van der Waals surface area (Å²) < 4.78 is 0. The third kappa shape index (κ3) is 1.18. The molecule has 0 saturated heterocycles. The molecular formula is C8H10ClNS. The Bertz CT molecular complexity index is 288. The van der Waals surface area contributed by atoms with Crippen molar-refractivity contribution in [3.05, 3.63) is 15.6 Å². The minimum absolute atomic E-state index is 0.0178. The molecule has 0 bridgehead atoms. The second-order valence-corrected chi connectivity index (χ2v) is 5.04. The predicted molar refractivity (Wildman–Crippen MR) is 48.4 cm³/mol. The maximum Gasteiger partial charge on any atom is 0.0900 e. The molecule has 0 radical (unpaired) electrons. The number of rotatable bonds is 1. The Morgan fingerprint density at radius 3 is 2.45 bits per heavy atom. The highest BCUT2D eigenvalue weighted by Crippen LogP contribution is 2.54. The zero-order chi connectivity index (χ0) is 8.06. The third-order valence-corrected chi connectivity index (χ3v) is 3.96. The fourth-order valence-corrected chi connectivity index (χ4v) is 2.69. The van der Waals surface area contributed by atoms with E-state index < -0.39 is 0 Å². The Morgan fingerprint density at radius 1 is 1.45 bits per heavy atom. The maximum atomic E-state index is 6.26. The molecule has 60 valence electrons. The first-order valence-corrected chi connectivity index (χ1v) is 4.95. The van der Waals surface area contributed by atoms with E-state index in [1.807, 2.05) is 13.8 Å². The lowest BCUT2D eigenvalue weighted by Crippen LogP contribution is -1.93. The van der Waals surface area contributed by atoms with Gasteiger partial charge >= 0.3 is 0 Å². The Balaban J connectivity index is 2.44. The first kappa shape index (κ1) is 7.56. The van der Waals surface area contributed by atoms with Crippen LogP contribution in [-0.4, -0.2) is 4.98 Å². The van der Waals surface area contributed by atoms with Crippen LogP contribution in [0.3, 0.4) is 0 Å². The zero-order valence-electron chi connectivity index (χ0n) is 6.65. The summed E-state index contributed by atoms with van der Waals surface area (Å²) in [6.07, 6.45) is 2.24. The Morgan fingerprint density at radius 2 is 2.09 bits per heavy atom. The van der Waals surface area contributed by atoms with E-state index in [0.717, 1.165) is 23.5 Å². The average molecular weight is 188 g/mol. The van der Waals surface area contributed by atoms with E-state index in [1.54, 1.807) is 11.3 Å². The molecule has 1 aromatic rings. The molecule has 2 rings (SSSR count). The van der Waals surface area contributed by atoms with Gasteiger partial charge in [-0.2, -0.15) is 0 Å². The Labute approximate surface area is 75.4 Å². The first-order valence-electron chi connectivity index (χ1n) is 3.75. The maximum absolute atomic E-state index is 6.26. The van der Waals surface area contributed by atoms with Crippen molar-refractivity contribution in [1.82, 2.24) is 4.98 Å². The van der Waals surface area contributed by atoms with Gasteiger partial charge in [0.1, 0.15) is 0 Å². The van der Waals surface area contributed by atoms with Crippen LogP contribution in [-0.2, 0) is 4.87 Å². The lowest BCUT2D eigenvalue weighted by Gasteiger charge is -2.01. The molecule has 0 aromatic carbocycles. The van der Waals surface area contributed by atoms with Gasteiger partial charge in [-0.25, -0.2) is 4.98 Å². The molecule has 0 amide bonds. The number of aryl methyl sites for hydroxylation is 2. The van der Waals surface area contributed by atoms with Crippen molar-refractivity contribution in [3.63, 3.8) is 0 Å². The summed E-state index contributed by atoms with van der Waals surface area (Å²) >= 11 is 8.00. The molecule has 1 nitrogen and oxygen atoms in total. The van der Waals surface area contributed by atoms with Crippen LogP contribution in [0.15, 0.2) is 0 Å². The highest BCUT2D eigenvalue weighted by molar-refractivity contribution is 7.12. The number of hydrogen-bond donors (Lipinski definition) is 0. The lowest BCUT2D eigenvalue weighted by atomic mass is 10.3. The summed E-state index contributed by atoms with van der Waals surface area (Å²) in [6, 6.07) is 0. The van der Waals surface area contributed by atoms with E-state index >= 15 is 0 Å². The molecule has 11 heavy (non-hydrogen) atoms. The van der Waals surface area contributed by atoms with Crippen LogP contribution in [0.25, 0.3) is 0 Å². The van der Waals surface area contributed by atoms with Gasteiger partial charge in [-0.05, 0) is 26.7 Å². The molecule has 1 aliphatic rings. The number of thiazole rings is 1.